The highest BCUT2D eigenvalue weighted by Gasteiger charge is 2.32. The van der Waals surface area contributed by atoms with Crippen LogP contribution in [0.15, 0.2) is 67.0 Å². The molecule has 3 aromatic rings. The molecule has 0 radical (unpaired) electrons. The molecule has 5 rings (SSSR count). The molecule has 3 heterocycles. The normalized spacial score (nSPS) is 18.6. The first kappa shape index (κ1) is 22.2. The molecule has 1 aromatic heterocycles. The second-order valence-electron chi connectivity index (χ2n) is 9.03. The first-order valence-electron chi connectivity index (χ1n) is 12.1. The molecule has 7 heteroatoms. The molecule has 0 N–H and O–H groups in total. The third-order valence-corrected chi connectivity index (χ3v) is 6.66. The van der Waals surface area contributed by atoms with E-state index in [4.69, 9.17) is 4.74 Å². The van der Waals surface area contributed by atoms with Crippen LogP contribution in [-0.4, -0.2) is 60.0 Å². The van der Waals surface area contributed by atoms with Crippen LogP contribution in [-0.2, 0) is 4.79 Å². The minimum absolute atomic E-state index is 0.0359. The van der Waals surface area contributed by atoms with Gasteiger partial charge < -0.3 is 19.4 Å². The van der Waals surface area contributed by atoms with E-state index >= 15 is 0 Å². The van der Waals surface area contributed by atoms with Gasteiger partial charge in [-0.05, 0) is 44.0 Å². The van der Waals surface area contributed by atoms with E-state index in [1.807, 2.05) is 42.2 Å². The standard InChI is InChI=1S/C27H31N5O2/c1-21-9-11-24(12-10-21)34-26-25(28-13-14-29-26)32-15-5-6-22(20-32)27(33)31-18-16-30(17-19-31)23-7-3-2-4-8-23/h2-4,7-14,22H,5-6,15-20H2,1H3/t22-/m0/s1. The van der Waals surface area contributed by atoms with Gasteiger partial charge in [-0.1, -0.05) is 35.9 Å². The SMILES string of the molecule is Cc1ccc(Oc2nccnc2N2CCC[C@H](C(=O)N3CCN(c4ccccc4)CC3)C2)cc1. The van der Waals surface area contributed by atoms with Crippen molar-refractivity contribution in [1.29, 1.82) is 0 Å². The van der Waals surface area contributed by atoms with Crippen LogP contribution >= 0.6 is 0 Å². The molecular weight excluding hydrogens is 426 g/mol. The molecule has 2 aliphatic rings. The number of anilines is 2. The molecule has 0 aliphatic carbocycles. The number of hydrogen-bond donors (Lipinski definition) is 0. The Kier molecular flexibility index (Phi) is 6.60. The summed E-state index contributed by atoms with van der Waals surface area (Å²) in [5.74, 6) is 2.13. The van der Waals surface area contributed by atoms with Crippen molar-refractivity contribution in [3.05, 3.63) is 72.6 Å². The molecule has 0 saturated carbocycles. The van der Waals surface area contributed by atoms with E-state index in [1.165, 1.54) is 11.3 Å². The summed E-state index contributed by atoms with van der Waals surface area (Å²) in [6.07, 6.45) is 5.18. The minimum atomic E-state index is -0.0359. The van der Waals surface area contributed by atoms with Crippen molar-refractivity contribution in [3.63, 3.8) is 0 Å². The van der Waals surface area contributed by atoms with E-state index in [0.29, 0.717) is 18.2 Å². The number of piperazine rings is 1. The number of aromatic nitrogens is 2. The molecule has 176 valence electrons. The molecule has 2 aromatic carbocycles. The number of ether oxygens (including phenoxy) is 1. The van der Waals surface area contributed by atoms with Gasteiger partial charge in [0.2, 0.25) is 5.91 Å². The molecule has 2 fully saturated rings. The van der Waals surface area contributed by atoms with Gasteiger partial charge in [0, 0.05) is 57.3 Å². The second kappa shape index (κ2) is 10.1. The van der Waals surface area contributed by atoms with Crippen LogP contribution in [0.3, 0.4) is 0 Å². The molecule has 2 saturated heterocycles. The molecule has 1 amide bonds. The highest BCUT2D eigenvalue weighted by Crippen LogP contribution is 2.31. The zero-order valence-electron chi connectivity index (χ0n) is 19.6. The van der Waals surface area contributed by atoms with Crippen molar-refractivity contribution < 1.29 is 9.53 Å². The maximum absolute atomic E-state index is 13.4. The summed E-state index contributed by atoms with van der Waals surface area (Å²) in [7, 11) is 0. The van der Waals surface area contributed by atoms with Crippen molar-refractivity contribution in [3.8, 4) is 11.6 Å². The van der Waals surface area contributed by atoms with E-state index in [1.54, 1.807) is 12.4 Å². The number of rotatable bonds is 5. The van der Waals surface area contributed by atoms with E-state index in [0.717, 1.165) is 51.3 Å². The number of benzene rings is 2. The molecule has 0 unspecified atom stereocenters. The Morgan fingerprint density at radius 1 is 0.882 bits per heavy atom. The predicted molar refractivity (Wildman–Crippen MR) is 133 cm³/mol. The molecular formula is C27H31N5O2. The quantitative estimate of drug-likeness (QED) is 0.574. The lowest BCUT2D eigenvalue weighted by Crippen LogP contribution is -2.52. The summed E-state index contributed by atoms with van der Waals surface area (Å²) in [6.45, 7) is 6.78. The fourth-order valence-electron chi connectivity index (χ4n) is 4.78. The molecule has 0 spiro atoms. The van der Waals surface area contributed by atoms with Crippen LogP contribution in [0.1, 0.15) is 18.4 Å². The first-order chi connectivity index (χ1) is 16.7. The monoisotopic (exact) mass is 457 g/mol. The smallest absolute Gasteiger partial charge is 0.263 e. The number of amides is 1. The highest BCUT2D eigenvalue weighted by atomic mass is 16.5. The first-order valence-corrected chi connectivity index (χ1v) is 12.1. The lowest BCUT2D eigenvalue weighted by molar-refractivity contribution is -0.136. The van der Waals surface area contributed by atoms with Gasteiger partial charge in [-0.25, -0.2) is 9.97 Å². The van der Waals surface area contributed by atoms with E-state index in [9.17, 15) is 4.79 Å². The molecule has 34 heavy (non-hydrogen) atoms. The number of nitrogens with zero attached hydrogens (tertiary/aromatic N) is 5. The van der Waals surface area contributed by atoms with Gasteiger partial charge in [-0.2, -0.15) is 0 Å². The molecule has 7 nitrogen and oxygen atoms in total. The number of carbonyl (C=O) groups excluding carboxylic acids is 1. The summed E-state index contributed by atoms with van der Waals surface area (Å²) in [5, 5.41) is 0. The minimum Gasteiger partial charge on any atom is -0.436 e. The van der Waals surface area contributed by atoms with Crippen LogP contribution in [0.2, 0.25) is 0 Å². The van der Waals surface area contributed by atoms with E-state index in [-0.39, 0.29) is 11.8 Å². The Labute approximate surface area is 201 Å². The second-order valence-corrected chi connectivity index (χ2v) is 9.03. The molecule has 1 atom stereocenters. The van der Waals surface area contributed by atoms with Crippen LogP contribution in [0.5, 0.6) is 11.6 Å². The van der Waals surface area contributed by atoms with Crippen LogP contribution in [0, 0.1) is 12.8 Å². The van der Waals surface area contributed by atoms with Gasteiger partial charge in [0.25, 0.3) is 5.88 Å². The Morgan fingerprint density at radius 3 is 2.38 bits per heavy atom. The Hall–Kier alpha value is -3.61. The highest BCUT2D eigenvalue weighted by molar-refractivity contribution is 5.80. The summed E-state index contributed by atoms with van der Waals surface area (Å²) < 4.78 is 6.07. The largest absolute Gasteiger partial charge is 0.436 e. The summed E-state index contributed by atoms with van der Waals surface area (Å²) in [6, 6.07) is 18.3. The number of hydrogen-bond acceptors (Lipinski definition) is 6. The van der Waals surface area contributed by atoms with Gasteiger partial charge in [-0.3, -0.25) is 4.79 Å². The predicted octanol–water partition coefficient (Wildman–Crippen LogP) is 4.14. The van der Waals surface area contributed by atoms with Gasteiger partial charge in [-0.15, -0.1) is 0 Å². The third kappa shape index (κ3) is 4.98. The lowest BCUT2D eigenvalue weighted by atomic mass is 9.96. The lowest BCUT2D eigenvalue weighted by Gasteiger charge is -2.40. The molecule has 0 bridgehead atoms. The topological polar surface area (TPSA) is 61.8 Å². The van der Waals surface area contributed by atoms with Crippen molar-refractivity contribution >= 4 is 17.4 Å². The zero-order chi connectivity index (χ0) is 23.3. The van der Waals surface area contributed by atoms with E-state index in [2.05, 4.69) is 44.0 Å². The Bertz CT molecular complexity index is 1100. The fraction of sp³-hybridized carbons (Fsp3) is 0.370. The van der Waals surface area contributed by atoms with Crippen molar-refractivity contribution in [2.24, 2.45) is 5.92 Å². The van der Waals surface area contributed by atoms with Gasteiger partial charge >= 0.3 is 0 Å². The molecule has 2 aliphatic heterocycles. The number of aryl methyl sites for hydroxylation is 1. The summed E-state index contributed by atoms with van der Waals surface area (Å²) in [5.41, 5.74) is 2.40. The summed E-state index contributed by atoms with van der Waals surface area (Å²) >= 11 is 0. The summed E-state index contributed by atoms with van der Waals surface area (Å²) in [4.78, 5) is 29.0. The van der Waals surface area contributed by atoms with Crippen molar-refractivity contribution in [2.75, 3.05) is 49.1 Å². The van der Waals surface area contributed by atoms with Gasteiger partial charge in [0.1, 0.15) is 5.75 Å². The fourth-order valence-corrected chi connectivity index (χ4v) is 4.78. The average molecular weight is 458 g/mol. The van der Waals surface area contributed by atoms with Crippen molar-refractivity contribution in [2.45, 2.75) is 19.8 Å². The number of carbonyl (C=O) groups is 1. The van der Waals surface area contributed by atoms with Crippen LogP contribution in [0.25, 0.3) is 0 Å². The Morgan fingerprint density at radius 2 is 1.62 bits per heavy atom. The van der Waals surface area contributed by atoms with Gasteiger partial charge in [0.05, 0.1) is 5.92 Å². The van der Waals surface area contributed by atoms with Gasteiger partial charge in [0.15, 0.2) is 5.82 Å². The van der Waals surface area contributed by atoms with Crippen LogP contribution < -0.4 is 14.5 Å². The number of piperidine rings is 1. The zero-order valence-corrected chi connectivity index (χ0v) is 19.6. The average Bonchev–Trinajstić information content (AvgIpc) is 2.90. The Balaban J connectivity index is 1.23. The van der Waals surface area contributed by atoms with Crippen molar-refractivity contribution in [1.82, 2.24) is 14.9 Å². The van der Waals surface area contributed by atoms with E-state index < -0.39 is 0 Å². The van der Waals surface area contributed by atoms with Crippen LogP contribution in [0.4, 0.5) is 11.5 Å². The number of para-hydroxylation sites is 1. The maximum Gasteiger partial charge on any atom is 0.263 e. The maximum atomic E-state index is 13.4. The third-order valence-electron chi connectivity index (χ3n) is 6.66.